The van der Waals surface area contributed by atoms with Gasteiger partial charge in [0, 0.05) is 6.54 Å². The van der Waals surface area contributed by atoms with Crippen molar-refractivity contribution in [3.8, 4) is 0 Å². The van der Waals surface area contributed by atoms with E-state index in [0.717, 1.165) is 0 Å². The molecule has 2 rings (SSSR count). The second kappa shape index (κ2) is 4.15. The Kier molecular flexibility index (Phi) is 2.92. The van der Waals surface area contributed by atoms with Crippen LogP contribution in [0.15, 0.2) is 5.16 Å². The molecule has 2 heterocycles. The molecule has 1 N–H and O–H groups in total. The van der Waals surface area contributed by atoms with E-state index in [2.05, 4.69) is 5.16 Å². The SMILES string of the molecule is CC(C)(C)OC(=O)N1C[C@@H]2C(C(=O)O)=NO[C@@H]2C1. The molecule has 18 heavy (non-hydrogen) atoms. The molecule has 0 unspecified atom stereocenters. The summed E-state index contributed by atoms with van der Waals surface area (Å²) in [5, 5.41) is 12.5. The van der Waals surface area contributed by atoms with Crippen LogP contribution in [0.4, 0.5) is 4.79 Å². The quantitative estimate of drug-likeness (QED) is 0.745. The minimum absolute atomic E-state index is 0.0222. The van der Waals surface area contributed by atoms with Gasteiger partial charge in [0.2, 0.25) is 0 Å². The van der Waals surface area contributed by atoms with Gasteiger partial charge < -0.3 is 19.6 Å². The molecule has 0 radical (unpaired) electrons. The lowest BCUT2D eigenvalue weighted by molar-refractivity contribution is -0.129. The lowest BCUT2D eigenvalue weighted by Crippen LogP contribution is -2.36. The Balaban J connectivity index is 2.00. The second-order valence-electron chi connectivity index (χ2n) is 5.42. The number of carbonyl (C=O) groups excluding carboxylic acids is 1. The first-order valence-electron chi connectivity index (χ1n) is 5.73. The Morgan fingerprint density at radius 1 is 1.44 bits per heavy atom. The number of hydrogen-bond acceptors (Lipinski definition) is 5. The van der Waals surface area contributed by atoms with E-state index < -0.39 is 17.7 Å². The molecule has 0 aromatic rings. The fourth-order valence-corrected chi connectivity index (χ4v) is 2.01. The highest BCUT2D eigenvalue weighted by molar-refractivity contribution is 6.37. The molecule has 7 nitrogen and oxygen atoms in total. The molecule has 0 saturated carbocycles. The van der Waals surface area contributed by atoms with Gasteiger partial charge in [-0.25, -0.2) is 9.59 Å². The monoisotopic (exact) mass is 256 g/mol. The van der Waals surface area contributed by atoms with Crippen molar-refractivity contribution in [2.75, 3.05) is 13.1 Å². The fraction of sp³-hybridized carbons (Fsp3) is 0.727. The topological polar surface area (TPSA) is 88.4 Å². The van der Waals surface area contributed by atoms with E-state index >= 15 is 0 Å². The maximum Gasteiger partial charge on any atom is 0.410 e. The van der Waals surface area contributed by atoms with E-state index in [0.29, 0.717) is 6.54 Å². The molecule has 0 aromatic heterocycles. The van der Waals surface area contributed by atoms with E-state index in [-0.39, 0.29) is 24.3 Å². The summed E-state index contributed by atoms with van der Waals surface area (Å²) in [4.78, 5) is 29.2. The predicted octanol–water partition coefficient (Wildman–Crippen LogP) is 0.693. The van der Waals surface area contributed by atoms with Crippen LogP contribution >= 0.6 is 0 Å². The van der Waals surface area contributed by atoms with Gasteiger partial charge in [0.15, 0.2) is 11.8 Å². The van der Waals surface area contributed by atoms with Gasteiger partial charge >= 0.3 is 12.1 Å². The van der Waals surface area contributed by atoms with Crippen molar-refractivity contribution >= 4 is 17.8 Å². The molecule has 2 aliphatic rings. The molecular weight excluding hydrogens is 240 g/mol. The van der Waals surface area contributed by atoms with Crippen molar-refractivity contribution in [3.63, 3.8) is 0 Å². The van der Waals surface area contributed by atoms with Crippen LogP contribution in [0.25, 0.3) is 0 Å². The maximum atomic E-state index is 11.8. The van der Waals surface area contributed by atoms with Crippen molar-refractivity contribution in [2.45, 2.75) is 32.5 Å². The lowest BCUT2D eigenvalue weighted by Gasteiger charge is -2.24. The Bertz CT molecular complexity index is 412. The molecule has 2 aliphatic heterocycles. The highest BCUT2D eigenvalue weighted by Gasteiger charge is 2.47. The molecule has 100 valence electrons. The number of carboxylic acids is 1. The Morgan fingerprint density at radius 3 is 2.67 bits per heavy atom. The second-order valence-corrected chi connectivity index (χ2v) is 5.42. The van der Waals surface area contributed by atoms with Gasteiger partial charge in [-0.3, -0.25) is 0 Å². The van der Waals surface area contributed by atoms with Crippen LogP contribution in [-0.2, 0) is 14.4 Å². The van der Waals surface area contributed by atoms with E-state index in [1.165, 1.54) is 4.90 Å². The number of ether oxygens (including phenoxy) is 1. The number of aliphatic carboxylic acids is 1. The highest BCUT2D eigenvalue weighted by Crippen LogP contribution is 2.28. The minimum atomic E-state index is -1.10. The summed E-state index contributed by atoms with van der Waals surface area (Å²) in [5.74, 6) is -1.47. The van der Waals surface area contributed by atoms with Crippen LogP contribution < -0.4 is 0 Å². The van der Waals surface area contributed by atoms with E-state index in [1.54, 1.807) is 20.8 Å². The zero-order valence-electron chi connectivity index (χ0n) is 10.5. The number of rotatable bonds is 1. The standard InChI is InChI=1S/C11H16N2O5/c1-11(2,3)17-10(16)13-4-6-7(5-13)18-12-8(6)9(14)15/h6-7H,4-5H2,1-3H3,(H,14,15)/t6-,7+/m0/s1. The van der Waals surface area contributed by atoms with E-state index in [9.17, 15) is 9.59 Å². The van der Waals surface area contributed by atoms with Gasteiger partial charge in [0.25, 0.3) is 0 Å². The van der Waals surface area contributed by atoms with Crippen molar-refractivity contribution in [1.82, 2.24) is 4.90 Å². The Morgan fingerprint density at radius 2 is 2.11 bits per heavy atom. The highest BCUT2D eigenvalue weighted by atomic mass is 16.6. The van der Waals surface area contributed by atoms with Crippen LogP contribution in [0.2, 0.25) is 0 Å². The van der Waals surface area contributed by atoms with Gasteiger partial charge in [-0.05, 0) is 20.8 Å². The molecule has 0 aromatic carbocycles. The van der Waals surface area contributed by atoms with Gasteiger partial charge in [-0.2, -0.15) is 0 Å². The largest absolute Gasteiger partial charge is 0.477 e. The first kappa shape index (κ1) is 12.7. The molecule has 1 amide bonds. The third kappa shape index (κ3) is 2.39. The maximum absolute atomic E-state index is 11.8. The fourth-order valence-electron chi connectivity index (χ4n) is 2.01. The number of carboxylic acid groups (broad SMARTS) is 1. The zero-order chi connectivity index (χ0) is 13.5. The molecule has 1 fully saturated rings. The normalized spacial score (nSPS) is 26.4. The summed E-state index contributed by atoms with van der Waals surface area (Å²) >= 11 is 0. The zero-order valence-corrected chi connectivity index (χ0v) is 10.5. The number of amides is 1. The van der Waals surface area contributed by atoms with E-state index in [4.69, 9.17) is 14.7 Å². The Labute approximate surface area is 104 Å². The third-order valence-corrected chi connectivity index (χ3v) is 2.77. The first-order valence-corrected chi connectivity index (χ1v) is 5.73. The van der Waals surface area contributed by atoms with Gasteiger partial charge in [-0.1, -0.05) is 5.16 Å². The number of fused-ring (bicyclic) bond motifs is 1. The van der Waals surface area contributed by atoms with Gasteiger partial charge in [0.1, 0.15) is 5.60 Å². The van der Waals surface area contributed by atoms with Crippen LogP contribution in [0.5, 0.6) is 0 Å². The van der Waals surface area contributed by atoms with Crippen LogP contribution in [0, 0.1) is 5.92 Å². The van der Waals surface area contributed by atoms with Crippen molar-refractivity contribution in [3.05, 3.63) is 0 Å². The summed E-state index contributed by atoms with van der Waals surface area (Å²) in [7, 11) is 0. The third-order valence-electron chi connectivity index (χ3n) is 2.77. The first-order chi connectivity index (χ1) is 8.28. The molecular formula is C11H16N2O5. The summed E-state index contributed by atoms with van der Waals surface area (Å²) < 4.78 is 5.23. The summed E-state index contributed by atoms with van der Waals surface area (Å²) in [6.07, 6.45) is -0.825. The average Bonchev–Trinajstić information content (AvgIpc) is 2.70. The van der Waals surface area contributed by atoms with Crippen molar-refractivity contribution in [2.24, 2.45) is 11.1 Å². The molecule has 2 atom stereocenters. The summed E-state index contributed by atoms with van der Waals surface area (Å²) in [5.41, 5.74) is -0.592. The molecule has 0 spiro atoms. The van der Waals surface area contributed by atoms with Crippen LogP contribution in [-0.4, -0.2) is 52.6 Å². The number of hydrogen-bond donors (Lipinski definition) is 1. The van der Waals surface area contributed by atoms with Crippen molar-refractivity contribution in [1.29, 1.82) is 0 Å². The summed E-state index contributed by atoms with van der Waals surface area (Å²) in [6, 6.07) is 0. The van der Waals surface area contributed by atoms with Gasteiger partial charge in [-0.15, -0.1) is 0 Å². The molecule has 1 saturated heterocycles. The minimum Gasteiger partial charge on any atom is -0.477 e. The lowest BCUT2D eigenvalue weighted by atomic mass is 10.0. The number of oxime groups is 1. The number of likely N-dealkylation sites (tertiary alicyclic amines) is 1. The number of nitrogens with zero attached hydrogens (tertiary/aromatic N) is 2. The molecule has 0 bridgehead atoms. The summed E-state index contributed by atoms with van der Waals surface area (Å²) in [6.45, 7) is 5.91. The molecule has 0 aliphatic carbocycles. The molecule has 7 heteroatoms. The number of carbonyl (C=O) groups is 2. The predicted molar refractivity (Wildman–Crippen MR) is 61.2 cm³/mol. The average molecular weight is 256 g/mol. The van der Waals surface area contributed by atoms with Crippen LogP contribution in [0.3, 0.4) is 0 Å². The Hall–Kier alpha value is -1.79. The van der Waals surface area contributed by atoms with Crippen molar-refractivity contribution < 1.29 is 24.3 Å². The van der Waals surface area contributed by atoms with E-state index in [1.807, 2.05) is 0 Å². The van der Waals surface area contributed by atoms with Crippen LogP contribution in [0.1, 0.15) is 20.8 Å². The van der Waals surface area contributed by atoms with Gasteiger partial charge in [0.05, 0.1) is 12.5 Å². The smallest absolute Gasteiger partial charge is 0.410 e.